The number of sulfonamides is 1. The van der Waals surface area contributed by atoms with Gasteiger partial charge in [-0.3, -0.25) is 4.79 Å². The number of hydrogen-bond acceptors (Lipinski definition) is 3. The number of hydrogen-bond donors (Lipinski definition) is 0. The molecule has 0 aliphatic rings. The molecule has 0 aliphatic carbocycles. The van der Waals surface area contributed by atoms with Crippen molar-refractivity contribution >= 4 is 15.9 Å². The summed E-state index contributed by atoms with van der Waals surface area (Å²) in [5, 5.41) is 0. The van der Waals surface area contributed by atoms with Crippen LogP contribution in [0.2, 0.25) is 0 Å². The first-order valence-corrected chi connectivity index (χ1v) is 11.2. The van der Waals surface area contributed by atoms with Gasteiger partial charge in [0.05, 0.1) is 4.90 Å². The Morgan fingerprint density at radius 2 is 1.48 bits per heavy atom. The van der Waals surface area contributed by atoms with Crippen LogP contribution in [-0.2, 0) is 23.1 Å². The highest BCUT2D eigenvalue weighted by Gasteiger charge is 2.21. The maximum atomic E-state index is 13.8. The van der Waals surface area contributed by atoms with Crippen LogP contribution in [0.1, 0.15) is 27.0 Å². The number of rotatable bonds is 7. The van der Waals surface area contributed by atoms with Gasteiger partial charge in [0.25, 0.3) is 5.91 Å². The molecule has 0 spiro atoms. The lowest BCUT2D eigenvalue weighted by atomic mass is 10.1. The van der Waals surface area contributed by atoms with Gasteiger partial charge in [-0.2, -0.15) is 4.31 Å². The zero-order chi connectivity index (χ0) is 22.6. The first kappa shape index (κ1) is 22.7. The van der Waals surface area contributed by atoms with Crippen molar-refractivity contribution in [3.63, 3.8) is 0 Å². The van der Waals surface area contributed by atoms with Crippen LogP contribution in [0.25, 0.3) is 0 Å². The average Bonchev–Trinajstić information content (AvgIpc) is 2.75. The highest BCUT2D eigenvalue weighted by molar-refractivity contribution is 7.89. The summed E-state index contributed by atoms with van der Waals surface area (Å²) in [5.41, 5.74) is 2.64. The average molecular weight is 441 g/mol. The molecule has 3 aromatic rings. The van der Waals surface area contributed by atoms with Crippen molar-refractivity contribution in [2.45, 2.75) is 24.9 Å². The topological polar surface area (TPSA) is 57.7 Å². The van der Waals surface area contributed by atoms with Gasteiger partial charge in [0.1, 0.15) is 5.82 Å². The summed E-state index contributed by atoms with van der Waals surface area (Å²) >= 11 is 0. The molecule has 5 nitrogen and oxygen atoms in total. The molecular formula is C24H25FN2O3S. The fourth-order valence-electron chi connectivity index (χ4n) is 3.16. The predicted molar refractivity (Wildman–Crippen MR) is 118 cm³/mol. The minimum absolute atomic E-state index is 0.158. The van der Waals surface area contributed by atoms with E-state index in [0.29, 0.717) is 11.1 Å². The van der Waals surface area contributed by atoms with Crippen LogP contribution in [-0.4, -0.2) is 37.6 Å². The number of halogens is 1. The van der Waals surface area contributed by atoms with E-state index in [1.54, 1.807) is 73.8 Å². The highest BCUT2D eigenvalue weighted by Crippen LogP contribution is 2.18. The van der Waals surface area contributed by atoms with E-state index in [9.17, 15) is 17.6 Å². The molecule has 1 amide bonds. The zero-order valence-electron chi connectivity index (χ0n) is 17.7. The number of carbonyl (C=O) groups is 1. The smallest absolute Gasteiger partial charge is 0.253 e. The second-order valence-electron chi connectivity index (χ2n) is 7.52. The number of nitrogens with zero attached hydrogens (tertiary/aromatic N) is 2. The van der Waals surface area contributed by atoms with Gasteiger partial charge in [0.2, 0.25) is 10.0 Å². The van der Waals surface area contributed by atoms with Crippen LogP contribution < -0.4 is 0 Å². The second-order valence-corrected chi connectivity index (χ2v) is 9.57. The molecular weight excluding hydrogens is 415 g/mol. The lowest BCUT2D eigenvalue weighted by Crippen LogP contribution is -2.27. The zero-order valence-corrected chi connectivity index (χ0v) is 18.6. The molecule has 0 aromatic heterocycles. The van der Waals surface area contributed by atoms with E-state index in [1.807, 2.05) is 6.92 Å². The molecule has 0 bridgehead atoms. The summed E-state index contributed by atoms with van der Waals surface area (Å²) in [5.74, 6) is -0.592. The van der Waals surface area contributed by atoms with E-state index >= 15 is 0 Å². The Labute approximate surface area is 182 Å². The van der Waals surface area contributed by atoms with Gasteiger partial charge in [-0.25, -0.2) is 12.8 Å². The van der Waals surface area contributed by atoms with Gasteiger partial charge in [-0.1, -0.05) is 48.0 Å². The monoisotopic (exact) mass is 440 g/mol. The Morgan fingerprint density at radius 1 is 0.871 bits per heavy atom. The van der Waals surface area contributed by atoms with Crippen molar-refractivity contribution in [1.82, 2.24) is 9.21 Å². The van der Waals surface area contributed by atoms with Crippen molar-refractivity contribution in [1.29, 1.82) is 0 Å². The number of amides is 1. The SMILES string of the molecule is Cc1ccc(S(=O)(=O)N(C)Cc2ccc(C(=O)N(C)Cc3ccccc3F)cc2)cc1. The first-order chi connectivity index (χ1) is 14.7. The van der Waals surface area contributed by atoms with Crippen molar-refractivity contribution in [3.8, 4) is 0 Å². The third kappa shape index (κ3) is 5.37. The molecule has 0 heterocycles. The van der Waals surface area contributed by atoms with Gasteiger partial charge >= 0.3 is 0 Å². The van der Waals surface area contributed by atoms with E-state index in [1.165, 1.54) is 22.3 Å². The number of benzene rings is 3. The molecule has 3 rings (SSSR count). The summed E-state index contributed by atoms with van der Waals surface area (Å²) in [6, 6.07) is 19.8. The summed E-state index contributed by atoms with van der Waals surface area (Å²) in [6.07, 6.45) is 0. The van der Waals surface area contributed by atoms with Crippen LogP contribution in [0.3, 0.4) is 0 Å². The third-order valence-corrected chi connectivity index (χ3v) is 6.86. The highest BCUT2D eigenvalue weighted by atomic mass is 32.2. The number of aryl methyl sites for hydroxylation is 1. The normalized spacial score (nSPS) is 11.5. The quantitative estimate of drug-likeness (QED) is 0.553. The Balaban J connectivity index is 1.67. The van der Waals surface area contributed by atoms with Gasteiger partial charge in [0.15, 0.2) is 0 Å². The predicted octanol–water partition coefficient (Wildman–Crippen LogP) is 4.23. The molecule has 0 saturated carbocycles. The Bertz CT molecular complexity index is 1160. The van der Waals surface area contributed by atoms with Crippen molar-refractivity contribution < 1.29 is 17.6 Å². The standard InChI is InChI=1S/C24H25FN2O3S/c1-18-8-14-22(15-9-18)31(29,30)27(3)16-19-10-12-20(13-11-19)24(28)26(2)17-21-6-4-5-7-23(21)25/h4-15H,16-17H2,1-3H3. The van der Waals surface area contributed by atoms with Crippen LogP contribution in [0.4, 0.5) is 4.39 Å². The summed E-state index contributed by atoms with van der Waals surface area (Å²) < 4.78 is 40.6. The van der Waals surface area contributed by atoms with Crippen LogP contribution in [0.5, 0.6) is 0 Å². The second kappa shape index (κ2) is 9.41. The van der Waals surface area contributed by atoms with Crippen LogP contribution in [0.15, 0.2) is 77.7 Å². The maximum Gasteiger partial charge on any atom is 0.253 e. The van der Waals surface area contributed by atoms with Gasteiger partial charge in [-0.05, 0) is 42.8 Å². The van der Waals surface area contributed by atoms with Crippen LogP contribution >= 0.6 is 0 Å². The van der Waals surface area contributed by atoms with Crippen molar-refractivity contribution in [2.75, 3.05) is 14.1 Å². The minimum atomic E-state index is -3.61. The maximum absolute atomic E-state index is 13.8. The van der Waals surface area contributed by atoms with Crippen LogP contribution in [0, 0.1) is 12.7 Å². The number of carbonyl (C=O) groups excluding carboxylic acids is 1. The molecule has 0 saturated heterocycles. The Hall–Kier alpha value is -3.03. The van der Waals surface area contributed by atoms with Crippen molar-refractivity contribution in [2.24, 2.45) is 0 Å². The lowest BCUT2D eigenvalue weighted by Gasteiger charge is -2.19. The van der Waals surface area contributed by atoms with Gasteiger partial charge in [0, 0.05) is 38.3 Å². The summed E-state index contributed by atoms with van der Waals surface area (Å²) in [7, 11) is -0.470. The molecule has 0 fully saturated rings. The Kier molecular flexibility index (Phi) is 6.87. The van der Waals surface area contributed by atoms with E-state index in [-0.39, 0.29) is 29.7 Å². The molecule has 0 aliphatic heterocycles. The van der Waals surface area contributed by atoms with E-state index in [2.05, 4.69) is 0 Å². The van der Waals surface area contributed by atoms with Gasteiger partial charge < -0.3 is 4.90 Å². The minimum Gasteiger partial charge on any atom is -0.337 e. The summed E-state index contributed by atoms with van der Waals surface area (Å²) in [6.45, 7) is 2.23. The third-order valence-electron chi connectivity index (χ3n) is 5.05. The molecule has 31 heavy (non-hydrogen) atoms. The van der Waals surface area contributed by atoms with E-state index in [4.69, 9.17) is 0 Å². The Morgan fingerprint density at radius 3 is 2.10 bits per heavy atom. The van der Waals surface area contributed by atoms with E-state index < -0.39 is 10.0 Å². The summed E-state index contributed by atoms with van der Waals surface area (Å²) in [4.78, 5) is 14.3. The molecule has 0 unspecified atom stereocenters. The molecule has 7 heteroatoms. The molecule has 0 N–H and O–H groups in total. The lowest BCUT2D eigenvalue weighted by molar-refractivity contribution is 0.0784. The van der Waals surface area contributed by atoms with E-state index in [0.717, 1.165) is 11.1 Å². The molecule has 3 aromatic carbocycles. The van der Waals surface area contributed by atoms with Crippen molar-refractivity contribution in [3.05, 3.63) is 101 Å². The largest absolute Gasteiger partial charge is 0.337 e. The van der Waals surface area contributed by atoms with Gasteiger partial charge in [-0.15, -0.1) is 0 Å². The molecule has 162 valence electrons. The first-order valence-electron chi connectivity index (χ1n) is 9.79. The molecule has 0 radical (unpaired) electrons. The fourth-order valence-corrected chi connectivity index (χ4v) is 4.32. The fraction of sp³-hybridized carbons (Fsp3) is 0.208. The molecule has 0 atom stereocenters.